The van der Waals surface area contributed by atoms with E-state index in [0.29, 0.717) is 6.54 Å². The van der Waals surface area contributed by atoms with E-state index in [1.165, 1.54) is 16.7 Å². The summed E-state index contributed by atoms with van der Waals surface area (Å²) in [5, 5.41) is 3.20. The molecule has 0 heterocycles. The van der Waals surface area contributed by atoms with Gasteiger partial charge in [0.05, 0.1) is 0 Å². The normalized spacial score (nSPS) is 11.1. The molecule has 4 heteroatoms. The van der Waals surface area contributed by atoms with Gasteiger partial charge in [-0.1, -0.05) is 54.6 Å². The van der Waals surface area contributed by atoms with Crippen LogP contribution >= 0.6 is 24.8 Å². The van der Waals surface area contributed by atoms with E-state index < -0.39 is 0 Å². The van der Waals surface area contributed by atoms with Crippen LogP contribution in [0.3, 0.4) is 0 Å². The van der Waals surface area contributed by atoms with Crippen molar-refractivity contribution in [3.63, 3.8) is 0 Å². The van der Waals surface area contributed by atoms with Crippen molar-refractivity contribution in [3.8, 4) is 11.1 Å². The Morgan fingerprint density at radius 3 is 1.89 bits per heavy atom. The Bertz CT molecular complexity index is 453. The van der Waals surface area contributed by atoms with Crippen molar-refractivity contribution in [2.75, 3.05) is 13.6 Å². The van der Waals surface area contributed by atoms with Gasteiger partial charge in [-0.15, -0.1) is 24.8 Å². The molecule has 0 aliphatic heterocycles. The fourth-order valence-electron chi connectivity index (χ4n) is 1.96. The summed E-state index contributed by atoms with van der Waals surface area (Å²) in [7, 11) is 1.93. The number of rotatable bonds is 4. The number of nitrogens with two attached hydrogens (primary N) is 1. The maximum atomic E-state index is 5.70. The van der Waals surface area contributed by atoms with E-state index in [1.54, 1.807) is 0 Å². The van der Waals surface area contributed by atoms with E-state index in [0.717, 1.165) is 0 Å². The highest BCUT2D eigenvalue weighted by Gasteiger charge is 2.06. The Hall–Kier alpha value is -1.06. The fraction of sp³-hybridized carbons (Fsp3) is 0.200. The molecule has 1 atom stereocenters. The van der Waals surface area contributed by atoms with Crippen molar-refractivity contribution in [2.24, 2.45) is 5.73 Å². The third kappa shape index (κ3) is 4.51. The number of halogens is 2. The Morgan fingerprint density at radius 2 is 1.42 bits per heavy atom. The summed E-state index contributed by atoms with van der Waals surface area (Å²) in [5.74, 6) is 0. The third-order valence-corrected chi connectivity index (χ3v) is 3.00. The van der Waals surface area contributed by atoms with Crippen molar-refractivity contribution in [1.82, 2.24) is 5.32 Å². The summed E-state index contributed by atoms with van der Waals surface area (Å²) in [6, 6.07) is 19.2. The average molecular weight is 299 g/mol. The molecular formula is C15H20Cl2N2. The molecule has 0 aliphatic carbocycles. The van der Waals surface area contributed by atoms with Crippen LogP contribution in [0.2, 0.25) is 0 Å². The second kappa shape index (κ2) is 8.94. The zero-order valence-corrected chi connectivity index (χ0v) is 12.5. The maximum Gasteiger partial charge on any atom is 0.0442 e. The number of hydrogen-bond donors (Lipinski definition) is 2. The molecule has 3 N–H and O–H groups in total. The van der Waals surface area contributed by atoms with E-state index >= 15 is 0 Å². The molecule has 104 valence electrons. The Morgan fingerprint density at radius 1 is 0.895 bits per heavy atom. The van der Waals surface area contributed by atoms with Crippen LogP contribution in [0.1, 0.15) is 11.6 Å². The van der Waals surface area contributed by atoms with Gasteiger partial charge in [-0.05, 0) is 23.7 Å². The fourth-order valence-corrected chi connectivity index (χ4v) is 1.96. The molecule has 0 radical (unpaired) electrons. The molecule has 0 spiro atoms. The SMILES string of the molecule is CNC(CN)c1ccc(-c2ccccc2)cc1.Cl.Cl. The zero-order chi connectivity index (χ0) is 12.1. The van der Waals surface area contributed by atoms with Crippen molar-refractivity contribution >= 4 is 24.8 Å². The van der Waals surface area contributed by atoms with Gasteiger partial charge in [-0.2, -0.15) is 0 Å². The van der Waals surface area contributed by atoms with Gasteiger partial charge in [-0.3, -0.25) is 0 Å². The first-order chi connectivity index (χ1) is 8.35. The molecular weight excluding hydrogens is 279 g/mol. The number of likely N-dealkylation sites (N-methyl/N-ethyl adjacent to an activating group) is 1. The van der Waals surface area contributed by atoms with Gasteiger partial charge in [0.2, 0.25) is 0 Å². The molecule has 0 bridgehead atoms. The molecule has 0 saturated heterocycles. The first-order valence-corrected chi connectivity index (χ1v) is 5.88. The minimum absolute atomic E-state index is 0. The quantitative estimate of drug-likeness (QED) is 0.908. The van der Waals surface area contributed by atoms with Crippen LogP contribution in [0.4, 0.5) is 0 Å². The van der Waals surface area contributed by atoms with Crippen molar-refractivity contribution in [1.29, 1.82) is 0 Å². The maximum absolute atomic E-state index is 5.70. The number of benzene rings is 2. The van der Waals surface area contributed by atoms with Gasteiger partial charge >= 0.3 is 0 Å². The first-order valence-electron chi connectivity index (χ1n) is 5.88. The van der Waals surface area contributed by atoms with Gasteiger partial charge in [0, 0.05) is 12.6 Å². The molecule has 0 aliphatic rings. The summed E-state index contributed by atoms with van der Waals surface area (Å²) >= 11 is 0. The van der Waals surface area contributed by atoms with Crippen LogP contribution in [0.5, 0.6) is 0 Å². The zero-order valence-electron chi connectivity index (χ0n) is 10.9. The smallest absolute Gasteiger partial charge is 0.0442 e. The first kappa shape index (κ1) is 17.9. The summed E-state index contributed by atoms with van der Waals surface area (Å²) in [6.45, 7) is 0.612. The van der Waals surface area contributed by atoms with Crippen molar-refractivity contribution in [2.45, 2.75) is 6.04 Å². The van der Waals surface area contributed by atoms with E-state index in [9.17, 15) is 0 Å². The van der Waals surface area contributed by atoms with E-state index in [1.807, 2.05) is 13.1 Å². The standard InChI is InChI=1S/C15H18N2.2ClH/c1-17-15(11-16)14-9-7-13(8-10-14)12-5-3-2-4-6-12;;/h2-10,15,17H,11,16H2,1H3;2*1H. The molecule has 0 saturated carbocycles. The molecule has 2 aromatic rings. The average Bonchev–Trinajstić information content (AvgIpc) is 2.42. The second-order valence-corrected chi connectivity index (χ2v) is 4.06. The molecule has 0 aromatic heterocycles. The van der Waals surface area contributed by atoms with Crippen LogP contribution in [0.15, 0.2) is 54.6 Å². The molecule has 0 fully saturated rings. The highest BCUT2D eigenvalue weighted by Crippen LogP contribution is 2.21. The Balaban J connectivity index is 0.00000162. The summed E-state index contributed by atoms with van der Waals surface area (Å²) in [5.41, 5.74) is 9.41. The third-order valence-electron chi connectivity index (χ3n) is 3.00. The highest BCUT2D eigenvalue weighted by atomic mass is 35.5. The molecule has 2 aromatic carbocycles. The van der Waals surface area contributed by atoms with E-state index in [4.69, 9.17) is 5.73 Å². The van der Waals surface area contributed by atoms with Gasteiger partial charge in [0.25, 0.3) is 0 Å². The molecule has 2 nitrogen and oxygen atoms in total. The molecule has 19 heavy (non-hydrogen) atoms. The number of nitrogens with one attached hydrogen (secondary N) is 1. The molecule has 1 unspecified atom stereocenters. The van der Waals surface area contributed by atoms with Crippen LogP contribution in [0.25, 0.3) is 11.1 Å². The lowest BCUT2D eigenvalue weighted by Gasteiger charge is -2.14. The largest absolute Gasteiger partial charge is 0.329 e. The topological polar surface area (TPSA) is 38.0 Å². The second-order valence-electron chi connectivity index (χ2n) is 4.06. The Kier molecular flexibility index (Phi) is 8.44. The monoisotopic (exact) mass is 298 g/mol. The number of hydrogen-bond acceptors (Lipinski definition) is 2. The van der Waals surface area contributed by atoms with Crippen molar-refractivity contribution < 1.29 is 0 Å². The van der Waals surface area contributed by atoms with Crippen LogP contribution in [0, 0.1) is 0 Å². The van der Waals surface area contributed by atoms with E-state index in [-0.39, 0.29) is 30.9 Å². The Labute approximate surface area is 127 Å². The minimum atomic E-state index is 0. The molecule has 2 rings (SSSR count). The molecule has 0 amide bonds. The summed E-state index contributed by atoms with van der Waals surface area (Å²) in [4.78, 5) is 0. The van der Waals surface area contributed by atoms with Gasteiger partial charge in [0.1, 0.15) is 0 Å². The van der Waals surface area contributed by atoms with Crippen LogP contribution < -0.4 is 11.1 Å². The predicted molar refractivity (Wildman–Crippen MR) is 87.2 cm³/mol. The van der Waals surface area contributed by atoms with Gasteiger partial charge < -0.3 is 11.1 Å². The van der Waals surface area contributed by atoms with Crippen LogP contribution in [-0.4, -0.2) is 13.6 Å². The van der Waals surface area contributed by atoms with Gasteiger partial charge in [0.15, 0.2) is 0 Å². The summed E-state index contributed by atoms with van der Waals surface area (Å²) < 4.78 is 0. The predicted octanol–water partition coefficient (Wildman–Crippen LogP) is 3.42. The lowest BCUT2D eigenvalue weighted by molar-refractivity contribution is 0.606. The van der Waals surface area contributed by atoms with E-state index in [2.05, 4.69) is 53.8 Å². The van der Waals surface area contributed by atoms with Crippen LogP contribution in [-0.2, 0) is 0 Å². The minimum Gasteiger partial charge on any atom is -0.329 e. The lowest BCUT2D eigenvalue weighted by atomic mass is 10.0. The van der Waals surface area contributed by atoms with Gasteiger partial charge in [-0.25, -0.2) is 0 Å². The lowest BCUT2D eigenvalue weighted by Crippen LogP contribution is -2.24. The van der Waals surface area contributed by atoms with Crippen molar-refractivity contribution in [3.05, 3.63) is 60.2 Å². The summed E-state index contributed by atoms with van der Waals surface area (Å²) in [6.07, 6.45) is 0. The highest BCUT2D eigenvalue weighted by molar-refractivity contribution is 5.85.